The maximum atomic E-state index is 12.8. The van der Waals surface area contributed by atoms with Crippen LogP contribution in [0.25, 0.3) is 11.1 Å². The molecule has 0 spiro atoms. The van der Waals surface area contributed by atoms with E-state index >= 15 is 0 Å². The molecule has 0 aliphatic rings. The third-order valence-corrected chi connectivity index (χ3v) is 2.79. The van der Waals surface area contributed by atoms with E-state index in [0.29, 0.717) is 21.3 Å². The Balaban J connectivity index is 2.60. The number of nitrogens with two attached hydrogens (primary N) is 1. The number of halogens is 3. The van der Waals surface area contributed by atoms with Crippen molar-refractivity contribution in [1.82, 2.24) is 0 Å². The first-order valence-corrected chi connectivity index (χ1v) is 5.34. The molecule has 2 N–H and O–H groups in total. The molecule has 2 aromatic carbocycles. The summed E-state index contributed by atoms with van der Waals surface area (Å²) in [6, 6.07) is 9.20. The smallest absolute Gasteiger partial charge is 0.123 e. The molecule has 0 amide bonds. The van der Waals surface area contributed by atoms with Crippen molar-refractivity contribution in [3.05, 3.63) is 52.3 Å². The van der Waals surface area contributed by atoms with Gasteiger partial charge in [-0.3, -0.25) is 0 Å². The van der Waals surface area contributed by atoms with Crippen LogP contribution >= 0.6 is 23.2 Å². The largest absolute Gasteiger partial charge is 0.399 e. The van der Waals surface area contributed by atoms with E-state index in [1.165, 1.54) is 12.1 Å². The summed E-state index contributed by atoms with van der Waals surface area (Å²) in [7, 11) is 0. The number of anilines is 1. The lowest BCUT2D eigenvalue weighted by molar-refractivity contribution is 0.628. The van der Waals surface area contributed by atoms with Gasteiger partial charge in [-0.15, -0.1) is 0 Å². The Morgan fingerprint density at radius 3 is 1.94 bits per heavy atom. The molecule has 0 fully saturated rings. The van der Waals surface area contributed by atoms with Crippen LogP contribution in [0, 0.1) is 5.82 Å². The number of benzene rings is 2. The Kier molecular flexibility index (Phi) is 3.03. The van der Waals surface area contributed by atoms with E-state index in [0.717, 1.165) is 5.56 Å². The van der Waals surface area contributed by atoms with E-state index in [1.54, 1.807) is 24.3 Å². The Morgan fingerprint density at radius 1 is 0.938 bits per heavy atom. The highest BCUT2D eigenvalue weighted by Crippen LogP contribution is 2.36. The molecule has 4 heteroatoms. The first-order valence-electron chi connectivity index (χ1n) is 4.58. The van der Waals surface area contributed by atoms with Crippen LogP contribution in [0.2, 0.25) is 10.0 Å². The average molecular weight is 256 g/mol. The number of hydrogen-bond donors (Lipinski definition) is 1. The van der Waals surface area contributed by atoms with Crippen molar-refractivity contribution in [2.24, 2.45) is 0 Å². The molecule has 0 atom stereocenters. The SMILES string of the molecule is Nc1cc(Cl)c(-c2ccc(F)cc2)c(Cl)c1. The lowest BCUT2D eigenvalue weighted by Gasteiger charge is -2.08. The van der Waals surface area contributed by atoms with Gasteiger partial charge in [-0.05, 0) is 29.8 Å². The van der Waals surface area contributed by atoms with Gasteiger partial charge >= 0.3 is 0 Å². The number of rotatable bonds is 1. The molecule has 0 aliphatic heterocycles. The van der Waals surface area contributed by atoms with E-state index in [4.69, 9.17) is 28.9 Å². The zero-order valence-electron chi connectivity index (χ0n) is 8.18. The van der Waals surface area contributed by atoms with Crippen LogP contribution in [0.4, 0.5) is 10.1 Å². The molecule has 1 nitrogen and oxygen atoms in total. The Labute approximate surface area is 103 Å². The summed E-state index contributed by atoms with van der Waals surface area (Å²) in [4.78, 5) is 0. The van der Waals surface area contributed by atoms with E-state index < -0.39 is 0 Å². The Morgan fingerprint density at radius 2 is 1.44 bits per heavy atom. The van der Waals surface area contributed by atoms with Gasteiger partial charge in [0.15, 0.2) is 0 Å². The molecular formula is C12H8Cl2FN. The lowest BCUT2D eigenvalue weighted by Crippen LogP contribution is -1.88. The molecular weight excluding hydrogens is 248 g/mol. The van der Waals surface area contributed by atoms with E-state index in [2.05, 4.69) is 0 Å². The maximum absolute atomic E-state index is 12.8. The van der Waals surface area contributed by atoms with Gasteiger partial charge in [0, 0.05) is 11.3 Å². The normalized spacial score (nSPS) is 10.4. The predicted octanol–water partition coefficient (Wildman–Crippen LogP) is 4.38. The van der Waals surface area contributed by atoms with Crippen LogP contribution in [0.15, 0.2) is 36.4 Å². The van der Waals surface area contributed by atoms with Crippen molar-refractivity contribution in [2.45, 2.75) is 0 Å². The van der Waals surface area contributed by atoms with Gasteiger partial charge in [0.25, 0.3) is 0 Å². The number of nitrogen functional groups attached to an aromatic ring is 1. The molecule has 0 radical (unpaired) electrons. The van der Waals surface area contributed by atoms with Gasteiger partial charge in [-0.25, -0.2) is 4.39 Å². The topological polar surface area (TPSA) is 26.0 Å². The van der Waals surface area contributed by atoms with Gasteiger partial charge in [-0.2, -0.15) is 0 Å². The van der Waals surface area contributed by atoms with Crippen molar-refractivity contribution in [3.8, 4) is 11.1 Å². The van der Waals surface area contributed by atoms with Crippen molar-refractivity contribution >= 4 is 28.9 Å². The van der Waals surface area contributed by atoms with Crippen LogP contribution < -0.4 is 5.73 Å². The van der Waals surface area contributed by atoms with Crippen molar-refractivity contribution in [2.75, 3.05) is 5.73 Å². The standard InChI is InChI=1S/C12H8Cl2FN/c13-10-5-9(16)6-11(14)12(10)7-1-3-8(15)4-2-7/h1-6H,16H2. The summed E-state index contributed by atoms with van der Waals surface area (Å²) in [5, 5.41) is 0.910. The molecule has 0 aromatic heterocycles. The van der Waals surface area contributed by atoms with Crippen LogP contribution in [-0.4, -0.2) is 0 Å². The summed E-state index contributed by atoms with van der Waals surface area (Å²) in [6.07, 6.45) is 0. The highest BCUT2D eigenvalue weighted by Gasteiger charge is 2.09. The van der Waals surface area contributed by atoms with Crippen LogP contribution in [-0.2, 0) is 0 Å². The molecule has 0 unspecified atom stereocenters. The summed E-state index contributed by atoms with van der Waals surface area (Å²) in [5.74, 6) is -0.300. The minimum atomic E-state index is -0.300. The molecule has 2 aromatic rings. The van der Waals surface area contributed by atoms with Crippen molar-refractivity contribution < 1.29 is 4.39 Å². The monoisotopic (exact) mass is 255 g/mol. The first-order chi connectivity index (χ1) is 7.58. The maximum Gasteiger partial charge on any atom is 0.123 e. The second kappa shape index (κ2) is 4.32. The fourth-order valence-corrected chi connectivity index (χ4v) is 2.21. The van der Waals surface area contributed by atoms with Gasteiger partial charge in [0.2, 0.25) is 0 Å². The number of hydrogen-bond acceptors (Lipinski definition) is 1. The van der Waals surface area contributed by atoms with Gasteiger partial charge in [0.1, 0.15) is 5.82 Å². The minimum Gasteiger partial charge on any atom is -0.399 e. The van der Waals surface area contributed by atoms with E-state index in [9.17, 15) is 4.39 Å². The molecule has 0 saturated carbocycles. The second-order valence-corrected chi connectivity index (χ2v) is 4.18. The molecule has 0 heterocycles. The molecule has 0 aliphatic carbocycles. The van der Waals surface area contributed by atoms with Gasteiger partial charge < -0.3 is 5.73 Å². The Bertz CT molecular complexity index is 500. The summed E-state index contributed by atoms with van der Waals surface area (Å²) < 4.78 is 12.8. The fourth-order valence-electron chi connectivity index (χ4n) is 1.49. The van der Waals surface area contributed by atoms with Crippen LogP contribution in [0.5, 0.6) is 0 Å². The summed E-state index contributed by atoms with van der Waals surface area (Å²) in [6.45, 7) is 0. The zero-order valence-corrected chi connectivity index (χ0v) is 9.69. The fraction of sp³-hybridized carbons (Fsp3) is 0. The second-order valence-electron chi connectivity index (χ2n) is 3.37. The van der Waals surface area contributed by atoms with Gasteiger partial charge in [0.05, 0.1) is 10.0 Å². The van der Waals surface area contributed by atoms with E-state index in [-0.39, 0.29) is 5.82 Å². The molecule has 82 valence electrons. The van der Waals surface area contributed by atoms with Crippen molar-refractivity contribution in [3.63, 3.8) is 0 Å². The molecule has 2 rings (SSSR count). The summed E-state index contributed by atoms with van der Waals surface area (Å²) in [5.41, 5.74) is 7.53. The highest BCUT2D eigenvalue weighted by atomic mass is 35.5. The van der Waals surface area contributed by atoms with Gasteiger partial charge in [-0.1, -0.05) is 35.3 Å². The summed E-state index contributed by atoms with van der Waals surface area (Å²) >= 11 is 12.1. The minimum absolute atomic E-state index is 0.300. The molecule has 0 saturated heterocycles. The van der Waals surface area contributed by atoms with Crippen LogP contribution in [0.3, 0.4) is 0 Å². The van der Waals surface area contributed by atoms with E-state index in [1.807, 2.05) is 0 Å². The third kappa shape index (κ3) is 2.13. The molecule has 0 bridgehead atoms. The van der Waals surface area contributed by atoms with Crippen molar-refractivity contribution in [1.29, 1.82) is 0 Å². The lowest BCUT2D eigenvalue weighted by atomic mass is 10.1. The van der Waals surface area contributed by atoms with Crippen LogP contribution in [0.1, 0.15) is 0 Å². The zero-order chi connectivity index (χ0) is 11.7. The Hall–Kier alpha value is -1.25. The first kappa shape index (κ1) is 11.2. The molecule has 16 heavy (non-hydrogen) atoms. The quantitative estimate of drug-likeness (QED) is 0.752. The third-order valence-electron chi connectivity index (χ3n) is 2.20. The highest BCUT2D eigenvalue weighted by molar-refractivity contribution is 6.39. The predicted molar refractivity (Wildman–Crippen MR) is 66.3 cm³/mol. The average Bonchev–Trinajstić information content (AvgIpc) is 2.19.